The molecule has 9 heteroatoms. The van der Waals surface area contributed by atoms with Crippen molar-refractivity contribution < 1.29 is 18.0 Å². The van der Waals surface area contributed by atoms with Gasteiger partial charge in [-0.25, -0.2) is 4.68 Å². The topological polar surface area (TPSA) is 75.6 Å². The predicted octanol–water partition coefficient (Wildman–Crippen LogP) is 3.17. The van der Waals surface area contributed by atoms with Crippen LogP contribution in [0.15, 0.2) is 42.7 Å². The van der Waals surface area contributed by atoms with Crippen LogP contribution in [0.3, 0.4) is 0 Å². The van der Waals surface area contributed by atoms with Crippen LogP contribution in [0.2, 0.25) is 0 Å². The van der Waals surface area contributed by atoms with Crippen molar-refractivity contribution in [2.75, 3.05) is 5.32 Å². The van der Waals surface area contributed by atoms with Crippen molar-refractivity contribution >= 4 is 11.6 Å². The standard InChI is InChI=1S/C15H12F3N5O/c1-9-12(13(22-21-9)15(16,17)18)14(24)20-10-4-2-5-11(8-10)23-7-3-6-19-23/h2-8H,1H3,(H,20,24)(H,21,22). The maximum atomic E-state index is 12.9. The zero-order chi connectivity index (χ0) is 17.3. The molecule has 6 nitrogen and oxygen atoms in total. The summed E-state index contributed by atoms with van der Waals surface area (Å²) in [6, 6.07) is 8.34. The zero-order valence-electron chi connectivity index (χ0n) is 12.4. The minimum Gasteiger partial charge on any atom is -0.322 e. The van der Waals surface area contributed by atoms with Gasteiger partial charge in [0.25, 0.3) is 5.91 Å². The van der Waals surface area contributed by atoms with Gasteiger partial charge in [-0.2, -0.15) is 23.4 Å². The largest absolute Gasteiger partial charge is 0.435 e. The summed E-state index contributed by atoms with van der Waals surface area (Å²) in [5.74, 6) is -0.883. The van der Waals surface area contributed by atoms with Crippen molar-refractivity contribution in [3.05, 3.63) is 59.7 Å². The van der Waals surface area contributed by atoms with Gasteiger partial charge >= 0.3 is 6.18 Å². The molecule has 2 N–H and O–H groups in total. The lowest BCUT2D eigenvalue weighted by atomic mass is 10.1. The van der Waals surface area contributed by atoms with Crippen LogP contribution in [-0.2, 0) is 6.18 Å². The van der Waals surface area contributed by atoms with E-state index in [1.54, 1.807) is 47.4 Å². The average Bonchev–Trinajstić information content (AvgIpc) is 3.16. The number of carbonyl (C=O) groups is 1. The van der Waals surface area contributed by atoms with Crippen LogP contribution in [-0.4, -0.2) is 25.9 Å². The van der Waals surface area contributed by atoms with Crippen LogP contribution < -0.4 is 5.32 Å². The number of nitrogens with one attached hydrogen (secondary N) is 2. The Morgan fingerprint density at radius 1 is 1.29 bits per heavy atom. The predicted molar refractivity (Wildman–Crippen MR) is 79.8 cm³/mol. The van der Waals surface area contributed by atoms with Crippen LogP contribution >= 0.6 is 0 Å². The number of H-pyrrole nitrogens is 1. The molecular weight excluding hydrogens is 323 g/mol. The number of carbonyl (C=O) groups excluding carboxylic acids is 1. The van der Waals surface area contributed by atoms with Gasteiger partial charge in [0, 0.05) is 23.8 Å². The second-order valence-electron chi connectivity index (χ2n) is 5.03. The van der Waals surface area contributed by atoms with E-state index in [0.717, 1.165) is 0 Å². The zero-order valence-corrected chi connectivity index (χ0v) is 12.4. The quantitative estimate of drug-likeness (QED) is 0.772. The van der Waals surface area contributed by atoms with E-state index in [9.17, 15) is 18.0 Å². The van der Waals surface area contributed by atoms with E-state index in [4.69, 9.17) is 0 Å². The van der Waals surface area contributed by atoms with Gasteiger partial charge in [0.1, 0.15) is 0 Å². The molecule has 0 unspecified atom stereocenters. The third-order valence-corrected chi connectivity index (χ3v) is 3.32. The number of benzene rings is 1. The monoisotopic (exact) mass is 335 g/mol. The van der Waals surface area contributed by atoms with Gasteiger partial charge in [0.2, 0.25) is 0 Å². The molecule has 1 amide bonds. The van der Waals surface area contributed by atoms with Crippen molar-refractivity contribution in [2.45, 2.75) is 13.1 Å². The number of aromatic nitrogens is 4. The van der Waals surface area contributed by atoms with Gasteiger partial charge < -0.3 is 5.32 Å². The molecule has 1 aromatic carbocycles. The van der Waals surface area contributed by atoms with Crippen molar-refractivity contribution in [2.24, 2.45) is 0 Å². The number of hydrogen-bond acceptors (Lipinski definition) is 3. The maximum Gasteiger partial charge on any atom is 0.435 e. The first-order valence-electron chi connectivity index (χ1n) is 6.90. The second kappa shape index (κ2) is 5.84. The smallest absolute Gasteiger partial charge is 0.322 e. The van der Waals surface area contributed by atoms with Gasteiger partial charge in [-0.15, -0.1) is 0 Å². The fraction of sp³-hybridized carbons (Fsp3) is 0.133. The summed E-state index contributed by atoms with van der Waals surface area (Å²) >= 11 is 0. The Bertz CT molecular complexity index is 868. The molecular formula is C15H12F3N5O. The van der Waals surface area contributed by atoms with Gasteiger partial charge in [0.05, 0.1) is 11.3 Å². The first-order chi connectivity index (χ1) is 11.4. The lowest BCUT2D eigenvalue weighted by molar-refractivity contribution is -0.141. The molecule has 0 spiro atoms. The fourth-order valence-corrected chi connectivity index (χ4v) is 2.25. The molecule has 3 aromatic rings. The van der Waals surface area contributed by atoms with Crippen molar-refractivity contribution in [1.82, 2.24) is 20.0 Å². The summed E-state index contributed by atoms with van der Waals surface area (Å²) in [6.45, 7) is 1.36. The summed E-state index contributed by atoms with van der Waals surface area (Å²) in [5, 5.41) is 11.9. The second-order valence-corrected chi connectivity index (χ2v) is 5.03. The Hall–Kier alpha value is -3.10. The van der Waals surface area contributed by atoms with Crippen LogP contribution in [0.1, 0.15) is 21.7 Å². The highest BCUT2D eigenvalue weighted by Crippen LogP contribution is 2.31. The molecule has 0 aliphatic heterocycles. The maximum absolute atomic E-state index is 12.9. The highest BCUT2D eigenvalue weighted by atomic mass is 19.4. The number of amides is 1. The molecule has 2 heterocycles. The number of rotatable bonds is 3. The van der Waals surface area contributed by atoms with Crippen molar-refractivity contribution in [1.29, 1.82) is 0 Å². The highest BCUT2D eigenvalue weighted by Gasteiger charge is 2.39. The third kappa shape index (κ3) is 3.00. The van der Waals surface area contributed by atoms with E-state index < -0.39 is 23.3 Å². The first-order valence-corrected chi connectivity index (χ1v) is 6.90. The minimum absolute atomic E-state index is 0.0445. The van der Waals surface area contributed by atoms with Gasteiger partial charge in [-0.05, 0) is 31.2 Å². The average molecular weight is 335 g/mol. The number of anilines is 1. The van der Waals surface area contributed by atoms with E-state index >= 15 is 0 Å². The molecule has 0 saturated heterocycles. The molecule has 3 rings (SSSR count). The van der Waals surface area contributed by atoms with Crippen LogP contribution in [0.5, 0.6) is 0 Å². The highest BCUT2D eigenvalue weighted by molar-refractivity contribution is 6.06. The number of aromatic amines is 1. The van der Waals surface area contributed by atoms with Crippen molar-refractivity contribution in [3.8, 4) is 5.69 Å². The van der Waals surface area contributed by atoms with Crippen LogP contribution in [0.25, 0.3) is 5.69 Å². The normalized spacial score (nSPS) is 11.5. The molecule has 0 bridgehead atoms. The molecule has 124 valence electrons. The molecule has 24 heavy (non-hydrogen) atoms. The molecule has 0 radical (unpaired) electrons. The molecule has 0 aliphatic rings. The fourth-order valence-electron chi connectivity index (χ4n) is 2.25. The minimum atomic E-state index is -4.71. The van der Waals surface area contributed by atoms with E-state index in [1.807, 2.05) is 0 Å². The van der Waals surface area contributed by atoms with E-state index in [0.29, 0.717) is 11.4 Å². The van der Waals surface area contributed by atoms with Crippen LogP contribution in [0, 0.1) is 6.92 Å². The number of hydrogen-bond donors (Lipinski definition) is 2. The van der Waals surface area contributed by atoms with E-state index in [2.05, 4.69) is 20.6 Å². The SMILES string of the molecule is Cc1[nH]nc(C(F)(F)F)c1C(=O)Nc1cccc(-n2cccn2)c1. The number of nitrogens with zero attached hydrogens (tertiary/aromatic N) is 3. The number of aryl methyl sites for hydroxylation is 1. The molecule has 0 saturated carbocycles. The molecule has 0 aliphatic carbocycles. The Morgan fingerprint density at radius 2 is 2.08 bits per heavy atom. The lowest BCUT2D eigenvalue weighted by Gasteiger charge is -2.09. The molecule has 0 atom stereocenters. The van der Waals surface area contributed by atoms with Crippen molar-refractivity contribution in [3.63, 3.8) is 0 Å². The van der Waals surface area contributed by atoms with Gasteiger partial charge in [-0.1, -0.05) is 6.07 Å². The van der Waals surface area contributed by atoms with Crippen LogP contribution in [0.4, 0.5) is 18.9 Å². The summed E-state index contributed by atoms with van der Waals surface area (Å²) in [5.41, 5.74) is -0.699. The van der Waals surface area contributed by atoms with Gasteiger partial charge in [-0.3, -0.25) is 9.89 Å². The Labute approximate surface area is 134 Å². The first kappa shape index (κ1) is 15.8. The Balaban J connectivity index is 1.89. The summed E-state index contributed by atoms with van der Waals surface area (Å²) in [7, 11) is 0. The number of halogens is 3. The summed E-state index contributed by atoms with van der Waals surface area (Å²) in [6.07, 6.45) is -1.41. The Kier molecular flexibility index (Phi) is 3.84. The summed E-state index contributed by atoms with van der Waals surface area (Å²) < 4.78 is 40.4. The molecule has 2 aromatic heterocycles. The third-order valence-electron chi connectivity index (χ3n) is 3.32. The molecule has 0 fully saturated rings. The van der Waals surface area contributed by atoms with E-state index in [1.165, 1.54) is 6.92 Å². The number of alkyl halides is 3. The summed E-state index contributed by atoms with van der Waals surface area (Å²) in [4.78, 5) is 12.3. The van der Waals surface area contributed by atoms with Gasteiger partial charge in [0.15, 0.2) is 5.69 Å². The van der Waals surface area contributed by atoms with E-state index in [-0.39, 0.29) is 5.69 Å². The lowest BCUT2D eigenvalue weighted by Crippen LogP contribution is -2.18. The Morgan fingerprint density at radius 3 is 2.75 bits per heavy atom.